The molecule has 0 saturated carbocycles. The summed E-state index contributed by atoms with van der Waals surface area (Å²) in [6, 6.07) is 19.1. The van der Waals surface area contributed by atoms with Gasteiger partial charge < -0.3 is 14.6 Å². The molecule has 0 aromatic heterocycles. The van der Waals surface area contributed by atoms with E-state index < -0.39 is 17.7 Å². The van der Waals surface area contributed by atoms with Gasteiger partial charge in [0.15, 0.2) is 0 Å². The fourth-order valence-electron chi connectivity index (χ4n) is 4.51. The zero-order valence-electron chi connectivity index (χ0n) is 18.4. The standard InChI is InChI=1S/C27H23NO5/c1-16-5-3-4-6-21(16)28-24(17-7-10-20(32-2)11-8-17)23(26(30)27(28)31)25(29)19-9-12-22-18(15-19)13-14-33-22/h3-12,15,24,29H,13-14H2,1-2H3/b25-23-. The number of anilines is 1. The SMILES string of the molecule is COc1ccc(C2/C(=C(/O)c3ccc4c(c3)CCO4)C(=O)C(=O)N2c2ccccc2C)cc1. The quantitative estimate of drug-likeness (QED) is 0.365. The molecule has 1 saturated heterocycles. The molecule has 1 fully saturated rings. The number of nitrogens with zero attached hydrogens (tertiary/aromatic N) is 1. The summed E-state index contributed by atoms with van der Waals surface area (Å²) in [5, 5.41) is 11.3. The maximum Gasteiger partial charge on any atom is 0.300 e. The Morgan fingerprint density at radius 2 is 1.82 bits per heavy atom. The van der Waals surface area contributed by atoms with E-state index in [0.29, 0.717) is 29.2 Å². The molecule has 0 aliphatic carbocycles. The molecule has 1 unspecified atom stereocenters. The molecule has 5 rings (SSSR count). The first-order valence-corrected chi connectivity index (χ1v) is 10.8. The number of hydrogen-bond donors (Lipinski definition) is 1. The number of para-hydroxylation sites is 1. The fourth-order valence-corrected chi connectivity index (χ4v) is 4.51. The number of benzene rings is 3. The van der Waals surface area contributed by atoms with Crippen LogP contribution in [0, 0.1) is 6.92 Å². The first kappa shape index (κ1) is 20.8. The zero-order valence-corrected chi connectivity index (χ0v) is 18.4. The van der Waals surface area contributed by atoms with Crippen LogP contribution >= 0.6 is 0 Å². The molecule has 1 amide bonds. The number of rotatable bonds is 4. The zero-order chi connectivity index (χ0) is 23.1. The number of aliphatic hydroxyl groups is 1. The largest absolute Gasteiger partial charge is 0.507 e. The maximum atomic E-state index is 13.3. The number of aliphatic hydroxyl groups excluding tert-OH is 1. The van der Waals surface area contributed by atoms with Crippen molar-refractivity contribution in [1.82, 2.24) is 0 Å². The van der Waals surface area contributed by atoms with E-state index in [1.807, 2.05) is 49.4 Å². The van der Waals surface area contributed by atoms with Crippen molar-refractivity contribution < 1.29 is 24.2 Å². The number of hydrogen-bond acceptors (Lipinski definition) is 5. The highest BCUT2D eigenvalue weighted by molar-refractivity contribution is 6.51. The molecule has 2 aliphatic heterocycles. The van der Waals surface area contributed by atoms with Crippen LogP contribution in [0.4, 0.5) is 5.69 Å². The number of fused-ring (bicyclic) bond motifs is 1. The van der Waals surface area contributed by atoms with Crippen LogP contribution in [0.25, 0.3) is 5.76 Å². The topological polar surface area (TPSA) is 76.1 Å². The number of methoxy groups -OCH3 is 1. The van der Waals surface area contributed by atoms with Crippen LogP contribution in [0.1, 0.15) is 28.3 Å². The molecule has 2 aliphatic rings. The van der Waals surface area contributed by atoms with Gasteiger partial charge in [0.25, 0.3) is 11.7 Å². The van der Waals surface area contributed by atoms with Crippen molar-refractivity contribution in [2.45, 2.75) is 19.4 Å². The monoisotopic (exact) mass is 441 g/mol. The summed E-state index contributed by atoms with van der Waals surface area (Å²) in [5.74, 6) is -0.145. The predicted octanol–water partition coefficient (Wildman–Crippen LogP) is 4.56. The summed E-state index contributed by atoms with van der Waals surface area (Å²) in [6.45, 7) is 2.48. The average molecular weight is 441 g/mol. The molecular weight excluding hydrogens is 418 g/mol. The Morgan fingerprint density at radius 1 is 1.06 bits per heavy atom. The minimum absolute atomic E-state index is 0.0623. The molecule has 1 atom stereocenters. The summed E-state index contributed by atoms with van der Waals surface area (Å²) < 4.78 is 10.8. The van der Waals surface area contributed by atoms with Crippen molar-refractivity contribution in [3.05, 3.63) is 94.6 Å². The minimum Gasteiger partial charge on any atom is -0.507 e. The fraction of sp³-hybridized carbons (Fsp3) is 0.185. The maximum absolute atomic E-state index is 13.3. The van der Waals surface area contributed by atoms with Crippen molar-refractivity contribution in [2.75, 3.05) is 18.6 Å². The first-order chi connectivity index (χ1) is 16.0. The van der Waals surface area contributed by atoms with E-state index >= 15 is 0 Å². The van der Waals surface area contributed by atoms with Gasteiger partial charge in [-0.05, 0) is 60.0 Å². The second kappa shape index (κ2) is 8.13. The summed E-state index contributed by atoms with van der Waals surface area (Å²) >= 11 is 0. The number of Topliss-reactive ketones (excluding diaryl/α,β-unsaturated/α-hetero) is 1. The molecule has 6 nitrogen and oxygen atoms in total. The number of carbonyl (C=O) groups is 2. The van der Waals surface area contributed by atoms with E-state index in [0.717, 1.165) is 23.3 Å². The smallest absolute Gasteiger partial charge is 0.300 e. The summed E-state index contributed by atoms with van der Waals surface area (Å²) in [6.07, 6.45) is 0.732. The van der Waals surface area contributed by atoms with Crippen LogP contribution in [0.15, 0.2) is 72.3 Å². The molecule has 33 heavy (non-hydrogen) atoms. The molecule has 3 aromatic carbocycles. The van der Waals surface area contributed by atoms with Crippen LogP contribution in [0.5, 0.6) is 11.5 Å². The van der Waals surface area contributed by atoms with Gasteiger partial charge in [-0.3, -0.25) is 14.5 Å². The van der Waals surface area contributed by atoms with E-state index in [1.54, 1.807) is 31.4 Å². The Bertz CT molecular complexity index is 1290. The summed E-state index contributed by atoms with van der Waals surface area (Å²) in [7, 11) is 1.58. The van der Waals surface area contributed by atoms with Crippen LogP contribution in [-0.4, -0.2) is 30.5 Å². The lowest BCUT2D eigenvalue weighted by Gasteiger charge is -2.27. The number of amides is 1. The Labute approximate surface area is 191 Å². The lowest BCUT2D eigenvalue weighted by Crippen LogP contribution is -2.30. The molecule has 1 N–H and O–H groups in total. The van der Waals surface area contributed by atoms with Crippen LogP contribution in [-0.2, 0) is 16.0 Å². The van der Waals surface area contributed by atoms with E-state index in [9.17, 15) is 14.7 Å². The molecule has 0 radical (unpaired) electrons. The van der Waals surface area contributed by atoms with Crippen molar-refractivity contribution in [3.8, 4) is 11.5 Å². The van der Waals surface area contributed by atoms with E-state index in [1.165, 1.54) is 4.90 Å². The lowest BCUT2D eigenvalue weighted by atomic mass is 9.94. The van der Waals surface area contributed by atoms with E-state index in [-0.39, 0.29) is 11.3 Å². The van der Waals surface area contributed by atoms with Crippen molar-refractivity contribution in [1.29, 1.82) is 0 Å². The van der Waals surface area contributed by atoms with E-state index in [2.05, 4.69) is 0 Å². The van der Waals surface area contributed by atoms with Crippen molar-refractivity contribution in [2.24, 2.45) is 0 Å². The van der Waals surface area contributed by atoms with Gasteiger partial charge in [-0.1, -0.05) is 30.3 Å². The van der Waals surface area contributed by atoms with Gasteiger partial charge in [0.05, 0.1) is 25.3 Å². The third kappa shape index (κ3) is 3.44. The highest BCUT2D eigenvalue weighted by Crippen LogP contribution is 2.43. The second-order valence-electron chi connectivity index (χ2n) is 8.15. The number of carbonyl (C=O) groups excluding carboxylic acids is 2. The molecule has 0 spiro atoms. The normalized spacial score (nSPS) is 18.8. The lowest BCUT2D eigenvalue weighted by molar-refractivity contribution is -0.132. The number of aryl methyl sites for hydroxylation is 1. The van der Waals surface area contributed by atoms with Gasteiger partial charge in [-0.15, -0.1) is 0 Å². The Kier molecular flexibility index (Phi) is 5.13. The highest BCUT2D eigenvalue weighted by Gasteiger charge is 2.47. The Morgan fingerprint density at radius 3 is 2.55 bits per heavy atom. The first-order valence-electron chi connectivity index (χ1n) is 10.8. The molecule has 166 valence electrons. The van der Waals surface area contributed by atoms with Crippen molar-refractivity contribution >= 4 is 23.1 Å². The third-order valence-corrected chi connectivity index (χ3v) is 6.21. The molecular formula is C27H23NO5. The second-order valence-corrected chi connectivity index (χ2v) is 8.15. The van der Waals surface area contributed by atoms with Gasteiger partial charge >= 0.3 is 0 Å². The van der Waals surface area contributed by atoms with Gasteiger partial charge in [0.1, 0.15) is 17.3 Å². The number of ether oxygens (including phenoxy) is 2. The van der Waals surface area contributed by atoms with Crippen LogP contribution in [0.3, 0.4) is 0 Å². The Hall–Kier alpha value is -4.06. The molecule has 3 aromatic rings. The third-order valence-electron chi connectivity index (χ3n) is 6.21. The average Bonchev–Trinajstić information content (AvgIpc) is 3.41. The van der Waals surface area contributed by atoms with Crippen LogP contribution < -0.4 is 14.4 Å². The Balaban J connectivity index is 1.71. The van der Waals surface area contributed by atoms with Crippen LogP contribution in [0.2, 0.25) is 0 Å². The van der Waals surface area contributed by atoms with Crippen molar-refractivity contribution in [3.63, 3.8) is 0 Å². The van der Waals surface area contributed by atoms with E-state index in [4.69, 9.17) is 9.47 Å². The highest BCUT2D eigenvalue weighted by atomic mass is 16.5. The minimum atomic E-state index is -0.776. The van der Waals surface area contributed by atoms with Gasteiger partial charge in [-0.2, -0.15) is 0 Å². The summed E-state index contributed by atoms with van der Waals surface area (Å²) in [4.78, 5) is 28.1. The molecule has 0 bridgehead atoms. The predicted molar refractivity (Wildman–Crippen MR) is 125 cm³/mol. The molecule has 6 heteroatoms. The number of ketones is 1. The van der Waals surface area contributed by atoms with Gasteiger partial charge in [0, 0.05) is 17.7 Å². The summed E-state index contributed by atoms with van der Waals surface area (Å²) in [5.41, 5.74) is 3.69. The van der Waals surface area contributed by atoms with Gasteiger partial charge in [0.2, 0.25) is 0 Å². The molecule has 2 heterocycles. The van der Waals surface area contributed by atoms with Gasteiger partial charge in [-0.25, -0.2) is 0 Å².